The lowest BCUT2D eigenvalue weighted by atomic mass is 10.1. The van der Waals surface area contributed by atoms with E-state index >= 15 is 0 Å². The first-order valence-electron chi connectivity index (χ1n) is 6.73. The summed E-state index contributed by atoms with van der Waals surface area (Å²) in [7, 11) is 1.56. The zero-order valence-corrected chi connectivity index (χ0v) is 12.9. The molecule has 0 spiro atoms. The van der Waals surface area contributed by atoms with Crippen LogP contribution in [0.1, 0.15) is 5.56 Å². The summed E-state index contributed by atoms with van der Waals surface area (Å²) < 4.78 is 17.9. The number of ether oxygens (including phenoxy) is 1. The molecule has 0 heterocycles. The van der Waals surface area contributed by atoms with Crippen molar-refractivity contribution in [3.05, 3.63) is 58.9 Å². The Kier molecular flexibility index (Phi) is 5.61. The highest BCUT2D eigenvalue weighted by Gasteiger charge is 2.02. The molecule has 0 aliphatic heterocycles. The Balaban J connectivity index is 1.89. The van der Waals surface area contributed by atoms with E-state index in [1.165, 1.54) is 12.1 Å². The van der Waals surface area contributed by atoms with Gasteiger partial charge in [0.1, 0.15) is 11.6 Å². The number of hydrogen-bond donors (Lipinski definition) is 2. The van der Waals surface area contributed by atoms with Crippen LogP contribution in [-0.4, -0.2) is 19.6 Å². The number of rotatable bonds is 5. The second-order valence-corrected chi connectivity index (χ2v) is 5.02. The predicted molar refractivity (Wildman–Crippen MR) is 88.2 cm³/mol. The van der Waals surface area contributed by atoms with Gasteiger partial charge in [0.2, 0.25) is 0 Å². The molecule has 0 fully saturated rings. The van der Waals surface area contributed by atoms with Gasteiger partial charge in [-0.2, -0.15) is 0 Å². The van der Waals surface area contributed by atoms with Gasteiger partial charge in [-0.1, -0.05) is 23.7 Å². The third-order valence-corrected chi connectivity index (χ3v) is 3.32. The summed E-state index contributed by atoms with van der Waals surface area (Å²) >= 11 is 6.03. The van der Waals surface area contributed by atoms with Crippen LogP contribution < -0.4 is 15.8 Å². The summed E-state index contributed by atoms with van der Waals surface area (Å²) in [5.41, 5.74) is 7.55. The fraction of sp³-hybridized carbons (Fsp3) is 0.188. The molecule has 2 rings (SSSR count). The molecule has 116 valence electrons. The molecule has 3 N–H and O–H groups in total. The molecule has 0 aliphatic rings. The average Bonchev–Trinajstić information content (AvgIpc) is 2.49. The molecule has 0 aromatic heterocycles. The van der Waals surface area contributed by atoms with Crippen LogP contribution in [0.15, 0.2) is 47.5 Å². The second-order valence-electron chi connectivity index (χ2n) is 4.62. The number of benzene rings is 2. The normalized spacial score (nSPS) is 11.3. The number of nitrogens with one attached hydrogen (secondary N) is 1. The molecule has 0 saturated carbocycles. The van der Waals surface area contributed by atoms with E-state index in [4.69, 9.17) is 22.1 Å². The van der Waals surface area contributed by atoms with Gasteiger partial charge in [0.25, 0.3) is 0 Å². The van der Waals surface area contributed by atoms with Gasteiger partial charge >= 0.3 is 0 Å². The third-order valence-electron chi connectivity index (χ3n) is 3.02. The van der Waals surface area contributed by atoms with Crippen LogP contribution in [0.5, 0.6) is 5.75 Å². The van der Waals surface area contributed by atoms with E-state index in [-0.39, 0.29) is 5.82 Å². The van der Waals surface area contributed by atoms with Gasteiger partial charge in [0, 0.05) is 12.2 Å². The average molecular weight is 322 g/mol. The molecule has 4 nitrogen and oxygen atoms in total. The number of nitrogens with two attached hydrogens (primary N) is 1. The van der Waals surface area contributed by atoms with Gasteiger partial charge in [-0.25, -0.2) is 4.39 Å². The van der Waals surface area contributed by atoms with Crippen molar-refractivity contribution >= 4 is 23.2 Å². The van der Waals surface area contributed by atoms with Crippen LogP contribution in [0.2, 0.25) is 5.02 Å². The lowest BCUT2D eigenvalue weighted by Gasteiger charge is -2.08. The number of anilines is 1. The second kappa shape index (κ2) is 7.66. The summed E-state index contributed by atoms with van der Waals surface area (Å²) in [6, 6.07) is 11.6. The van der Waals surface area contributed by atoms with Crippen LogP contribution >= 0.6 is 11.6 Å². The van der Waals surface area contributed by atoms with E-state index in [2.05, 4.69) is 10.3 Å². The van der Waals surface area contributed by atoms with E-state index in [9.17, 15) is 4.39 Å². The van der Waals surface area contributed by atoms with Crippen LogP contribution in [0.4, 0.5) is 10.1 Å². The standard InChI is InChI=1S/C16H17ClFN3O/c1-22-15-7-6-13(10-14(15)17)21-16(19)20-9-8-11-2-4-12(18)5-3-11/h2-7,10H,8-9H2,1H3,(H3,19,20,21). The van der Waals surface area contributed by atoms with Crippen LogP contribution in [0.3, 0.4) is 0 Å². The Morgan fingerprint density at radius 1 is 1.27 bits per heavy atom. The van der Waals surface area contributed by atoms with Crippen molar-refractivity contribution in [3.8, 4) is 5.75 Å². The molecule has 0 unspecified atom stereocenters. The van der Waals surface area contributed by atoms with E-state index in [1.54, 1.807) is 37.4 Å². The highest BCUT2D eigenvalue weighted by Crippen LogP contribution is 2.26. The maximum atomic E-state index is 12.8. The highest BCUT2D eigenvalue weighted by atomic mass is 35.5. The zero-order valence-electron chi connectivity index (χ0n) is 12.1. The van der Waals surface area contributed by atoms with Crippen LogP contribution in [0, 0.1) is 5.82 Å². The lowest BCUT2D eigenvalue weighted by molar-refractivity contribution is 0.415. The third kappa shape index (κ3) is 4.63. The Morgan fingerprint density at radius 3 is 2.64 bits per heavy atom. The van der Waals surface area contributed by atoms with E-state index in [1.807, 2.05) is 0 Å². The fourth-order valence-corrected chi connectivity index (χ4v) is 2.15. The smallest absolute Gasteiger partial charge is 0.193 e. The van der Waals surface area contributed by atoms with Gasteiger partial charge in [0.15, 0.2) is 5.96 Å². The van der Waals surface area contributed by atoms with Gasteiger partial charge in [-0.15, -0.1) is 0 Å². The molecular weight excluding hydrogens is 305 g/mol. The summed E-state index contributed by atoms with van der Waals surface area (Å²) in [6.45, 7) is 0.508. The largest absolute Gasteiger partial charge is 0.495 e. The van der Waals surface area contributed by atoms with E-state index < -0.39 is 0 Å². The quantitative estimate of drug-likeness (QED) is 0.655. The maximum Gasteiger partial charge on any atom is 0.193 e. The minimum Gasteiger partial charge on any atom is -0.495 e. The molecular formula is C16H17ClFN3O. The molecule has 0 saturated heterocycles. The SMILES string of the molecule is COc1ccc(NC(N)=NCCc2ccc(F)cc2)cc1Cl. The van der Waals surface area contributed by atoms with E-state index in [0.29, 0.717) is 29.7 Å². The topological polar surface area (TPSA) is 59.6 Å². The predicted octanol–water partition coefficient (Wildman–Crippen LogP) is 3.46. The Morgan fingerprint density at radius 2 is 2.00 bits per heavy atom. The summed E-state index contributed by atoms with van der Waals surface area (Å²) in [5.74, 6) is 0.646. The van der Waals surface area contributed by atoms with Crippen molar-refractivity contribution in [1.82, 2.24) is 0 Å². The molecule has 2 aromatic carbocycles. The fourth-order valence-electron chi connectivity index (χ4n) is 1.89. The molecule has 0 radical (unpaired) electrons. The zero-order chi connectivity index (χ0) is 15.9. The summed E-state index contributed by atoms with van der Waals surface area (Å²) in [4.78, 5) is 4.22. The van der Waals surface area contributed by atoms with Crippen LogP contribution in [0.25, 0.3) is 0 Å². The van der Waals surface area contributed by atoms with Crippen molar-refractivity contribution in [2.75, 3.05) is 19.0 Å². The van der Waals surface area contributed by atoms with Gasteiger partial charge < -0.3 is 15.8 Å². The van der Waals surface area contributed by atoms with Crippen molar-refractivity contribution in [2.24, 2.45) is 10.7 Å². The summed E-state index contributed by atoms with van der Waals surface area (Å²) in [6.07, 6.45) is 0.687. The van der Waals surface area contributed by atoms with Gasteiger partial charge in [-0.3, -0.25) is 4.99 Å². The number of hydrogen-bond acceptors (Lipinski definition) is 2. The first-order valence-corrected chi connectivity index (χ1v) is 7.11. The first kappa shape index (κ1) is 16.1. The number of aliphatic imine (C=N–C) groups is 1. The van der Waals surface area contributed by atoms with E-state index in [0.717, 1.165) is 11.3 Å². The lowest BCUT2D eigenvalue weighted by Crippen LogP contribution is -2.23. The highest BCUT2D eigenvalue weighted by molar-refractivity contribution is 6.32. The Hall–Kier alpha value is -2.27. The monoisotopic (exact) mass is 321 g/mol. The molecule has 0 amide bonds. The van der Waals surface area contributed by atoms with Crippen molar-refractivity contribution in [3.63, 3.8) is 0 Å². The number of nitrogens with zero attached hydrogens (tertiary/aromatic N) is 1. The number of guanidine groups is 1. The molecule has 0 atom stereocenters. The van der Waals surface area contributed by atoms with Gasteiger partial charge in [-0.05, 0) is 42.3 Å². The molecule has 0 aliphatic carbocycles. The minimum atomic E-state index is -0.246. The molecule has 22 heavy (non-hydrogen) atoms. The maximum absolute atomic E-state index is 12.8. The van der Waals surface area contributed by atoms with Gasteiger partial charge in [0.05, 0.1) is 12.1 Å². The molecule has 0 bridgehead atoms. The first-order chi connectivity index (χ1) is 10.6. The van der Waals surface area contributed by atoms with Crippen molar-refractivity contribution in [2.45, 2.75) is 6.42 Å². The summed E-state index contributed by atoms with van der Waals surface area (Å²) in [5, 5.41) is 3.45. The number of methoxy groups -OCH3 is 1. The minimum absolute atomic E-state index is 0.246. The van der Waals surface area contributed by atoms with Crippen molar-refractivity contribution in [1.29, 1.82) is 0 Å². The molecule has 2 aromatic rings. The van der Waals surface area contributed by atoms with Crippen molar-refractivity contribution < 1.29 is 9.13 Å². The Labute approximate surface area is 133 Å². The number of halogens is 2. The molecule has 6 heteroatoms. The Bertz CT molecular complexity index is 659. The van der Waals surface area contributed by atoms with Crippen LogP contribution in [-0.2, 0) is 6.42 Å².